The first-order valence-electron chi connectivity index (χ1n) is 9.59. The third kappa shape index (κ3) is 4.79. The lowest BCUT2D eigenvalue weighted by Gasteiger charge is -2.26. The number of carbonyl (C=O) groups excluding carboxylic acids is 2. The average Bonchev–Trinajstić information content (AvgIpc) is 3.26. The second-order valence-electron chi connectivity index (χ2n) is 6.84. The van der Waals surface area contributed by atoms with Crippen molar-refractivity contribution in [1.29, 1.82) is 0 Å². The van der Waals surface area contributed by atoms with Crippen LogP contribution in [0.15, 0.2) is 47.4 Å². The normalized spacial score (nSPS) is 16.0. The van der Waals surface area contributed by atoms with Crippen LogP contribution in [0.4, 0.5) is 5.69 Å². The molecule has 31 heavy (non-hydrogen) atoms. The number of sulfonamides is 1. The average molecular weight is 447 g/mol. The Bertz CT molecular complexity index is 1100. The summed E-state index contributed by atoms with van der Waals surface area (Å²) in [7, 11) is -3.68. The fourth-order valence-corrected chi connectivity index (χ4v) is 4.63. The second-order valence-corrected chi connectivity index (χ2v) is 8.78. The molecule has 0 unspecified atom stereocenters. The van der Waals surface area contributed by atoms with Crippen molar-refractivity contribution in [3.63, 3.8) is 0 Å². The first kappa shape index (κ1) is 21.1. The summed E-state index contributed by atoms with van der Waals surface area (Å²) in [4.78, 5) is 24.6. The molecule has 0 spiro atoms. The van der Waals surface area contributed by atoms with Gasteiger partial charge in [-0.2, -0.15) is 4.31 Å². The van der Waals surface area contributed by atoms with Crippen molar-refractivity contribution in [3.05, 3.63) is 48.0 Å². The molecule has 11 heteroatoms. The number of hydrogen-bond acceptors (Lipinski definition) is 7. The number of morpholine rings is 1. The summed E-state index contributed by atoms with van der Waals surface area (Å²) in [5.74, 6) is 0.0868. The van der Waals surface area contributed by atoms with Crippen LogP contribution in [0.1, 0.15) is 10.4 Å². The van der Waals surface area contributed by atoms with E-state index < -0.39 is 21.8 Å². The van der Waals surface area contributed by atoms with Gasteiger partial charge in [-0.1, -0.05) is 6.07 Å². The molecule has 4 rings (SSSR count). The molecule has 2 heterocycles. The van der Waals surface area contributed by atoms with E-state index in [0.717, 1.165) is 0 Å². The van der Waals surface area contributed by atoms with E-state index >= 15 is 0 Å². The quantitative estimate of drug-likeness (QED) is 0.672. The van der Waals surface area contributed by atoms with E-state index in [4.69, 9.17) is 14.2 Å². The van der Waals surface area contributed by atoms with Crippen molar-refractivity contribution in [2.24, 2.45) is 0 Å². The van der Waals surface area contributed by atoms with E-state index in [-0.39, 0.29) is 31.3 Å². The Kier molecular flexibility index (Phi) is 6.07. The summed E-state index contributed by atoms with van der Waals surface area (Å²) in [6.07, 6.45) is 0. The molecule has 10 nitrogen and oxygen atoms in total. The zero-order valence-electron chi connectivity index (χ0n) is 16.5. The van der Waals surface area contributed by atoms with E-state index in [1.54, 1.807) is 24.3 Å². The standard InChI is InChI=1S/C20H21N3O7S/c24-19(12-21-20(25)14-4-5-17-18(10-14)30-13-29-17)22-15-2-1-3-16(11-15)31(26,27)23-6-8-28-9-7-23/h1-5,10-11H,6-9,12-13H2,(H,21,25)(H,22,24). The summed E-state index contributed by atoms with van der Waals surface area (Å²) in [5, 5.41) is 5.12. The Balaban J connectivity index is 1.35. The molecule has 2 N–H and O–H groups in total. The van der Waals surface area contributed by atoms with Crippen molar-refractivity contribution >= 4 is 27.5 Å². The number of nitrogens with one attached hydrogen (secondary N) is 2. The van der Waals surface area contributed by atoms with Gasteiger partial charge in [0.15, 0.2) is 11.5 Å². The van der Waals surface area contributed by atoms with Crippen LogP contribution in [-0.2, 0) is 19.6 Å². The van der Waals surface area contributed by atoms with Gasteiger partial charge in [0.1, 0.15) is 0 Å². The van der Waals surface area contributed by atoms with Crippen LogP contribution < -0.4 is 20.1 Å². The van der Waals surface area contributed by atoms with E-state index in [0.29, 0.717) is 36.0 Å². The number of fused-ring (bicyclic) bond motifs is 1. The molecule has 0 atom stereocenters. The smallest absolute Gasteiger partial charge is 0.251 e. The fourth-order valence-electron chi connectivity index (χ4n) is 3.18. The number of carbonyl (C=O) groups is 2. The van der Waals surface area contributed by atoms with Gasteiger partial charge in [0.25, 0.3) is 5.91 Å². The van der Waals surface area contributed by atoms with Crippen LogP contribution in [0.3, 0.4) is 0 Å². The highest BCUT2D eigenvalue weighted by atomic mass is 32.2. The molecule has 164 valence electrons. The van der Waals surface area contributed by atoms with E-state index in [2.05, 4.69) is 10.6 Å². The Morgan fingerprint density at radius 2 is 1.77 bits per heavy atom. The van der Waals surface area contributed by atoms with Gasteiger partial charge in [-0.25, -0.2) is 8.42 Å². The van der Waals surface area contributed by atoms with Crippen molar-refractivity contribution in [3.8, 4) is 11.5 Å². The molecule has 0 bridgehead atoms. The van der Waals surface area contributed by atoms with Crippen LogP contribution >= 0.6 is 0 Å². The molecule has 2 aromatic rings. The molecule has 2 aliphatic heterocycles. The topological polar surface area (TPSA) is 123 Å². The van der Waals surface area contributed by atoms with Gasteiger partial charge in [0.05, 0.1) is 24.7 Å². The Morgan fingerprint density at radius 3 is 2.58 bits per heavy atom. The highest BCUT2D eigenvalue weighted by Gasteiger charge is 2.26. The van der Waals surface area contributed by atoms with E-state index in [1.165, 1.54) is 22.5 Å². The second kappa shape index (κ2) is 8.92. The van der Waals surface area contributed by atoms with Gasteiger partial charge in [0.2, 0.25) is 22.7 Å². The molecule has 0 aromatic heterocycles. The highest BCUT2D eigenvalue weighted by molar-refractivity contribution is 7.89. The Hall–Kier alpha value is -3.15. The third-order valence-corrected chi connectivity index (χ3v) is 6.66. The number of rotatable bonds is 6. The minimum absolute atomic E-state index is 0.0802. The zero-order chi connectivity index (χ0) is 21.8. The summed E-state index contributed by atoms with van der Waals surface area (Å²) in [6, 6.07) is 10.7. The number of ether oxygens (including phenoxy) is 3. The van der Waals surface area contributed by atoms with Crippen LogP contribution in [0.25, 0.3) is 0 Å². The largest absolute Gasteiger partial charge is 0.454 e. The van der Waals surface area contributed by atoms with Gasteiger partial charge in [-0.05, 0) is 36.4 Å². The van der Waals surface area contributed by atoms with Gasteiger partial charge >= 0.3 is 0 Å². The van der Waals surface area contributed by atoms with Crippen LogP contribution in [0.2, 0.25) is 0 Å². The van der Waals surface area contributed by atoms with E-state index in [9.17, 15) is 18.0 Å². The first-order valence-corrected chi connectivity index (χ1v) is 11.0. The Labute approximate surface area is 179 Å². The molecule has 1 fully saturated rings. The zero-order valence-corrected chi connectivity index (χ0v) is 17.3. The maximum absolute atomic E-state index is 12.8. The van der Waals surface area contributed by atoms with Crippen molar-refractivity contribution in [2.75, 3.05) is 45.0 Å². The molecule has 0 saturated carbocycles. The monoisotopic (exact) mass is 447 g/mol. The lowest BCUT2D eigenvalue weighted by atomic mass is 10.2. The molecule has 2 amide bonds. The van der Waals surface area contributed by atoms with Crippen LogP contribution in [-0.4, -0.2) is 64.2 Å². The number of anilines is 1. The molecule has 1 saturated heterocycles. The summed E-state index contributed by atoms with van der Waals surface area (Å²) < 4.78 is 42.5. The molecular formula is C20H21N3O7S. The minimum Gasteiger partial charge on any atom is -0.454 e. The van der Waals surface area contributed by atoms with Crippen molar-refractivity contribution < 1.29 is 32.2 Å². The maximum Gasteiger partial charge on any atom is 0.251 e. The van der Waals surface area contributed by atoms with E-state index in [1.807, 2.05) is 0 Å². The van der Waals surface area contributed by atoms with Gasteiger partial charge in [-0.15, -0.1) is 0 Å². The summed E-state index contributed by atoms with van der Waals surface area (Å²) >= 11 is 0. The predicted molar refractivity (Wildman–Crippen MR) is 110 cm³/mol. The molecule has 0 radical (unpaired) electrons. The fraction of sp³-hybridized carbons (Fsp3) is 0.300. The van der Waals surface area contributed by atoms with Gasteiger partial charge < -0.3 is 24.8 Å². The number of benzene rings is 2. The molecular weight excluding hydrogens is 426 g/mol. The minimum atomic E-state index is -3.68. The lowest BCUT2D eigenvalue weighted by molar-refractivity contribution is -0.115. The highest BCUT2D eigenvalue weighted by Crippen LogP contribution is 2.32. The van der Waals surface area contributed by atoms with Crippen molar-refractivity contribution in [2.45, 2.75) is 4.90 Å². The predicted octanol–water partition coefficient (Wildman–Crippen LogP) is 0.805. The number of amides is 2. The number of nitrogens with zero attached hydrogens (tertiary/aromatic N) is 1. The van der Waals surface area contributed by atoms with Crippen LogP contribution in [0, 0.1) is 0 Å². The first-order chi connectivity index (χ1) is 14.9. The molecule has 2 aliphatic rings. The third-order valence-electron chi connectivity index (χ3n) is 4.77. The maximum atomic E-state index is 12.8. The summed E-state index contributed by atoms with van der Waals surface area (Å²) in [6.45, 7) is 1.07. The van der Waals surface area contributed by atoms with Gasteiger partial charge in [0, 0.05) is 24.3 Å². The van der Waals surface area contributed by atoms with Gasteiger partial charge in [-0.3, -0.25) is 9.59 Å². The summed E-state index contributed by atoms with van der Waals surface area (Å²) in [5.41, 5.74) is 0.646. The SMILES string of the molecule is O=C(CNC(=O)c1ccc2c(c1)OCO2)Nc1cccc(S(=O)(=O)N2CCOCC2)c1. The van der Waals surface area contributed by atoms with Crippen LogP contribution in [0.5, 0.6) is 11.5 Å². The number of hydrogen-bond donors (Lipinski definition) is 2. The Morgan fingerprint density at radius 1 is 1.00 bits per heavy atom. The molecule has 2 aromatic carbocycles. The lowest BCUT2D eigenvalue weighted by Crippen LogP contribution is -2.40. The van der Waals surface area contributed by atoms with Crippen molar-refractivity contribution in [1.82, 2.24) is 9.62 Å². The molecule has 0 aliphatic carbocycles.